The third kappa shape index (κ3) is 4.27. The van der Waals surface area contributed by atoms with Crippen LogP contribution >= 0.6 is 0 Å². The molecule has 0 amide bonds. The Kier molecular flexibility index (Phi) is 5.16. The van der Waals surface area contributed by atoms with Gasteiger partial charge in [0, 0.05) is 25.0 Å². The lowest BCUT2D eigenvalue weighted by atomic mass is 9.65. The summed E-state index contributed by atoms with van der Waals surface area (Å²) < 4.78 is 5.40. The molecule has 118 valence electrons. The van der Waals surface area contributed by atoms with Crippen LogP contribution in [-0.4, -0.2) is 39.8 Å². The van der Waals surface area contributed by atoms with Gasteiger partial charge in [0.2, 0.25) is 0 Å². The molecule has 0 spiro atoms. The second kappa shape index (κ2) is 6.14. The quantitative estimate of drug-likeness (QED) is 0.468. The van der Waals surface area contributed by atoms with E-state index in [0.717, 1.165) is 0 Å². The first-order chi connectivity index (χ1) is 9.48. The minimum Gasteiger partial charge on any atom is -0.454 e. The van der Waals surface area contributed by atoms with Crippen LogP contribution in [0.25, 0.3) is 0 Å². The molecule has 0 bridgehead atoms. The van der Waals surface area contributed by atoms with Gasteiger partial charge in [-0.05, 0) is 25.7 Å². The van der Waals surface area contributed by atoms with Crippen LogP contribution in [0.5, 0.6) is 0 Å². The van der Waals surface area contributed by atoms with E-state index in [1.807, 2.05) is 13.8 Å². The first-order valence-corrected chi connectivity index (χ1v) is 7.05. The minimum absolute atomic E-state index is 0.259. The van der Waals surface area contributed by atoms with Crippen molar-refractivity contribution < 1.29 is 24.5 Å². The number of hydrogen-bond acceptors (Lipinski definition) is 5. The molecule has 1 aliphatic carbocycles. The van der Waals surface area contributed by atoms with Crippen molar-refractivity contribution in [3.8, 4) is 0 Å². The molecule has 1 fully saturated rings. The molecule has 1 rings (SSSR count). The van der Waals surface area contributed by atoms with E-state index in [2.05, 4.69) is 5.73 Å². The molecule has 3 atom stereocenters. The van der Waals surface area contributed by atoms with Crippen LogP contribution in [0.1, 0.15) is 47.5 Å². The maximum atomic E-state index is 11.6. The summed E-state index contributed by atoms with van der Waals surface area (Å²) in [4.78, 5) is 22.9. The van der Waals surface area contributed by atoms with E-state index in [4.69, 9.17) is 4.74 Å². The van der Waals surface area contributed by atoms with Crippen molar-refractivity contribution in [3.05, 3.63) is 17.4 Å². The van der Waals surface area contributed by atoms with Crippen LogP contribution in [0, 0.1) is 5.41 Å². The second-order valence-corrected chi connectivity index (χ2v) is 6.51. The summed E-state index contributed by atoms with van der Waals surface area (Å²) in [6.07, 6.45) is 0.233. The van der Waals surface area contributed by atoms with Crippen molar-refractivity contribution in [1.82, 2.24) is 0 Å². The van der Waals surface area contributed by atoms with Crippen molar-refractivity contribution in [2.24, 2.45) is 5.41 Å². The zero-order valence-corrected chi connectivity index (χ0v) is 13.3. The van der Waals surface area contributed by atoms with Gasteiger partial charge in [-0.15, -0.1) is 5.73 Å². The van der Waals surface area contributed by atoms with Gasteiger partial charge in [0.15, 0.2) is 5.78 Å². The normalized spacial score (nSPS) is 29.3. The molecule has 0 aromatic carbocycles. The lowest BCUT2D eigenvalue weighted by molar-refractivity contribution is -0.158. The first-order valence-electron chi connectivity index (χ1n) is 7.05. The topological polar surface area (TPSA) is 83.8 Å². The Labute approximate surface area is 125 Å². The molecule has 0 radical (unpaired) electrons. The molecule has 0 heterocycles. The van der Waals surface area contributed by atoms with Crippen LogP contribution in [-0.2, 0) is 14.3 Å². The number of rotatable bonds is 3. The Morgan fingerprint density at radius 3 is 2.43 bits per heavy atom. The van der Waals surface area contributed by atoms with Gasteiger partial charge in [-0.3, -0.25) is 9.59 Å². The van der Waals surface area contributed by atoms with E-state index in [1.54, 1.807) is 6.92 Å². The highest BCUT2D eigenvalue weighted by molar-refractivity contribution is 5.92. The van der Waals surface area contributed by atoms with Gasteiger partial charge in [0.1, 0.15) is 11.7 Å². The van der Waals surface area contributed by atoms with Gasteiger partial charge in [-0.25, -0.2) is 0 Å². The summed E-state index contributed by atoms with van der Waals surface area (Å²) in [6, 6.07) is 0. The summed E-state index contributed by atoms with van der Waals surface area (Å²) >= 11 is 0. The minimum atomic E-state index is -1.10. The highest BCUT2D eigenvalue weighted by Crippen LogP contribution is 2.47. The molecule has 1 aliphatic rings. The Balaban J connectivity index is 3.33. The van der Waals surface area contributed by atoms with E-state index < -0.39 is 35.0 Å². The molecule has 0 aromatic heterocycles. The molecule has 0 saturated heterocycles. The summed E-state index contributed by atoms with van der Waals surface area (Å²) in [5.41, 5.74) is 2.06. The average Bonchev–Trinajstić information content (AvgIpc) is 2.23. The molecule has 2 N–H and O–H groups in total. The standard InChI is InChI=1S/C16H24O5/c1-10(17)13(20)6-7-14-15(3,4)8-12(19)9-16(14,5)21-11(2)18/h6,10,12,17,19H,8-9H2,1-5H3. The van der Waals surface area contributed by atoms with Crippen LogP contribution in [0.15, 0.2) is 17.4 Å². The number of hydrogen-bond donors (Lipinski definition) is 2. The lowest BCUT2D eigenvalue weighted by Gasteiger charge is -2.45. The Hall–Kier alpha value is -1.42. The number of ketones is 1. The Morgan fingerprint density at radius 2 is 1.95 bits per heavy atom. The molecule has 5 nitrogen and oxygen atoms in total. The lowest BCUT2D eigenvalue weighted by Crippen LogP contribution is -2.47. The molecular formula is C16H24O5. The Bertz CT molecular complexity index is 497. The number of carbonyl (C=O) groups is 2. The Morgan fingerprint density at radius 1 is 1.38 bits per heavy atom. The van der Waals surface area contributed by atoms with E-state index in [0.29, 0.717) is 12.0 Å². The number of aliphatic hydroxyl groups excluding tert-OH is 2. The van der Waals surface area contributed by atoms with E-state index in [9.17, 15) is 19.8 Å². The maximum Gasteiger partial charge on any atom is 0.303 e. The summed E-state index contributed by atoms with van der Waals surface area (Å²) in [7, 11) is 0. The molecule has 21 heavy (non-hydrogen) atoms. The highest BCUT2D eigenvalue weighted by Gasteiger charge is 2.47. The fourth-order valence-electron chi connectivity index (χ4n) is 3.05. The summed E-state index contributed by atoms with van der Waals surface area (Å²) in [5.74, 6) is -0.918. The van der Waals surface area contributed by atoms with Crippen molar-refractivity contribution in [1.29, 1.82) is 0 Å². The van der Waals surface area contributed by atoms with E-state index >= 15 is 0 Å². The van der Waals surface area contributed by atoms with Crippen LogP contribution in [0.4, 0.5) is 0 Å². The molecule has 3 unspecified atom stereocenters. The van der Waals surface area contributed by atoms with Crippen LogP contribution in [0.2, 0.25) is 0 Å². The third-order valence-corrected chi connectivity index (χ3v) is 3.72. The van der Waals surface area contributed by atoms with Gasteiger partial charge < -0.3 is 14.9 Å². The van der Waals surface area contributed by atoms with Gasteiger partial charge in [-0.2, -0.15) is 0 Å². The van der Waals surface area contributed by atoms with Crippen molar-refractivity contribution >= 4 is 11.8 Å². The number of aliphatic hydroxyl groups is 2. The predicted molar refractivity (Wildman–Crippen MR) is 77.5 cm³/mol. The largest absolute Gasteiger partial charge is 0.454 e. The fraction of sp³-hybridized carbons (Fsp3) is 0.688. The molecule has 0 aliphatic heterocycles. The zero-order valence-electron chi connectivity index (χ0n) is 13.3. The fourth-order valence-corrected chi connectivity index (χ4v) is 3.05. The number of esters is 1. The molecular weight excluding hydrogens is 272 g/mol. The van der Waals surface area contributed by atoms with Gasteiger partial charge in [-0.1, -0.05) is 13.8 Å². The average molecular weight is 296 g/mol. The van der Waals surface area contributed by atoms with E-state index in [-0.39, 0.29) is 6.42 Å². The predicted octanol–water partition coefficient (Wildman–Crippen LogP) is 1.52. The third-order valence-electron chi connectivity index (χ3n) is 3.72. The molecule has 1 saturated carbocycles. The van der Waals surface area contributed by atoms with E-state index in [1.165, 1.54) is 19.9 Å². The molecule has 0 aromatic rings. The molecule has 5 heteroatoms. The van der Waals surface area contributed by atoms with Crippen molar-refractivity contribution in [3.63, 3.8) is 0 Å². The number of ether oxygens (including phenoxy) is 1. The SMILES string of the molecule is CC(=O)OC1(C)CC(O)CC(C)(C)C1=C=CC(=O)C(C)O. The highest BCUT2D eigenvalue weighted by atomic mass is 16.6. The van der Waals surface area contributed by atoms with Gasteiger partial charge in [0.05, 0.1) is 6.10 Å². The maximum absolute atomic E-state index is 11.6. The van der Waals surface area contributed by atoms with Gasteiger partial charge >= 0.3 is 5.97 Å². The summed E-state index contributed by atoms with van der Waals surface area (Å²) in [6.45, 7) is 8.20. The van der Waals surface area contributed by atoms with Crippen molar-refractivity contribution in [2.75, 3.05) is 0 Å². The smallest absolute Gasteiger partial charge is 0.303 e. The van der Waals surface area contributed by atoms with Gasteiger partial charge in [0.25, 0.3) is 0 Å². The monoisotopic (exact) mass is 296 g/mol. The summed E-state index contributed by atoms with van der Waals surface area (Å²) in [5, 5.41) is 19.3. The second-order valence-electron chi connectivity index (χ2n) is 6.51. The van der Waals surface area contributed by atoms with Crippen molar-refractivity contribution in [2.45, 2.75) is 65.3 Å². The first kappa shape index (κ1) is 17.6. The number of carbonyl (C=O) groups excluding carboxylic acids is 2. The van der Waals surface area contributed by atoms with Crippen LogP contribution < -0.4 is 0 Å². The zero-order chi connectivity index (χ0) is 16.4. The van der Waals surface area contributed by atoms with Crippen LogP contribution in [0.3, 0.4) is 0 Å².